The Hall–Kier alpha value is -2.86. The number of aromatic nitrogens is 3. The number of nitrogens with one attached hydrogen (secondary N) is 1. The zero-order chi connectivity index (χ0) is 17.8. The fraction of sp³-hybridized carbons (Fsp3) is 0.167. The quantitative estimate of drug-likeness (QED) is 0.753. The molecule has 0 aliphatic heterocycles. The van der Waals surface area contributed by atoms with Crippen LogP contribution in [-0.2, 0) is 0 Å². The Morgan fingerprint density at radius 3 is 2.60 bits per heavy atom. The third kappa shape index (κ3) is 3.64. The third-order valence-corrected chi connectivity index (χ3v) is 3.95. The second-order valence-electron chi connectivity index (χ2n) is 5.30. The minimum absolute atomic E-state index is 0.244. The molecule has 2 aromatic carbocycles. The topological polar surface area (TPSA) is 69.0 Å². The summed E-state index contributed by atoms with van der Waals surface area (Å²) in [7, 11) is 0. The molecule has 0 saturated heterocycles. The van der Waals surface area contributed by atoms with E-state index < -0.39 is 0 Å². The molecule has 0 atom stereocenters. The second-order valence-corrected chi connectivity index (χ2v) is 5.70. The Kier molecular flexibility index (Phi) is 5.00. The van der Waals surface area contributed by atoms with E-state index in [2.05, 4.69) is 15.6 Å². The smallest absolute Gasteiger partial charge is 0.278 e. The van der Waals surface area contributed by atoms with Crippen LogP contribution in [0.25, 0.3) is 5.69 Å². The lowest BCUT2D eigenvalue weighted by Gasteiger charge is -2.07. The lowest BCUT2D eigenvalue weighted by atomic mass is 10.2. The molecule has 1 amide bonds. The van der Waals surface area contributed by atoms with Crippen LogP contribution >= 0.6 is 11.6 Å². The molecule has 0 fully saturated rings. The maximum Gasteiger partial charge on any atom is 0.278 e. The van der Waals surface area contributed by atoms with E-state index in [4.69, 9.17) is 16.3 Å². The summed E-state index contributed by atoms with van der Waals surface area (Å²) in [4.78, 5) is 12.5. The van der Waals surface area contributed by atoms with Crippen molar-refractivity contribution in [3.05, 3.63) is 64.9 Å². The Morgan fingerprint density at radius 2 is 1.92 bits per heavy atom. The summed E-state index contributed by atoms with van der Waals surface area (Å²) in [6.07, 6.45) is 0. The van der Waals surface area contributed by atoms with E-state index in [0.717, 1.165) is 11.4 Å². The van der Waals surface area contributed by atoms with Crippen LogP contribution in [0.15, 0.2) is 48.5 Å². The van der Waals surface area contributed by atoms with E-state index in [1.807, 2.05) is 31.2 Å². The molecule has 1 N–H and O–H groups in total. The number of nitrogens with zero attached hydrogens (tertiary/aromatic N) is 3. The van der Waals surface area contributed by atoms with Gasteiger partial charge in [-0.25, -0.2) is 4.68 Å². The highest BCUT2D eigenvalue weighted by Gasteiger charge is 2.18. The predicted octanol–water partition coefficient (Wildman–Crippen LogP) is 3.88. The molecule has 0 spiro atoms. The van der Waals surface area contributed by atoms with Gasteiger partial charge < -0.3 is 10.1 Å². The highest BCUT2D eigenvalue weighted by atomic mass is 35.5. The van der Waals surface area contributed by atoms with Crippen molar-refractivity contribution >= 4 is 23.2 Å². The van der Waals surface area contributed by atoms with Crippen LogP contribution in [-0.4, -0.2) is 27.5 Å². The van der Waals surface area contributed by atoms with Gasteiger partial charge in [-0.2, -0.15) is 0 Å². The molecule has 0 bridgehead atoms. The van der Waals surface area contributed by atoms with E-state index in [0.29, 0.717) is 23.0 Å². The lowest BCUT2D eigenvalue weighted by Crippen LogP contribution is -2.14. The van der Waals surface area contributed by atoms with Gasteiger partial charge >= 0.3 is 0 Å². The van der Waals surface area contributed by atoms with Gasteiger partial charge in [0, 0.05) is 0 Å². The molecule has 0 radical (unpaired) electrons. The minimum atomic E-state index is -0.359. The first kappa shape index (κ1) is 17.0. The Labute approximate surface area is 150 Å². The molecule has 0 unspecified atom stereocenters. The number of anilines is 1. The number of rotatable bonds is 5. The molecular weight excluding hydrogens is 340 g/mol. The van der Waals surface area contributed by atoms with Crippen molar-refractivity contribution in [1.29, 1.82) is 0 Å². The number of hydrogen-bond acceptors (Lipinski definition) is 4. The van der Waals surface area contributed by atoms with E-state index >= 15 is 0 Å². The van der Waals surface area contributed by atoms with Gasteiger partial charge in [0.05, 0.1) is 28.7 Å². The van der Waals surface area contributed by atoms with E-state index in [1.165, 1.54) is 0 Å². The van der Waals surface area contributed by atoms with Gasteiger partial charge in [-0.1, -0.05) is 28.9 Å². The van der Waals surface area contributed by atoms with Gasteiger partial charge in [0.2, 0.25) is 0 Å². The first-order chi connectivity index (χ1) is 12.1. The van der Waals surface area contributed by atoms with Crippen LogP contribution in [0.1, 0.15) is 23.1 Å². The molecule has 0 aliphatic carbocycles. The summed E-state index contributed by atoms with van der Waals surface area (Å²) in [6.45, 7) is 4.32. The molecule has 1 aromatic heterocycles. The van der Waals surface area contributed by atoms with Gasteiger partial charge in [0.1, 0.15) is 5.75 Å². The normalized spacial score (nSPS) is 10.5. The van der Waals surface area contributed by atoms with Gasteiger partial charge in [0.15, 0.2) is 5.69 Å². The summed E-state index contributed by atoms with van der Waals surface area (Å²) >= 11 is 6.07. The highest BCUT2D eigenvalue weighted by molar-refractivity contribution is 6.33. The largest absolute Gasteiger partial charge is 0.494 e. The zero-order valence-corrected chi connectivity index (χ0v) is 14.6. The van der Waals surface area contributed by atoms with Gasteiger partial charge in [0.25, 0.3) is 5.91 Å². The average molecular weight is 357 g/mol. The van der Waals surface area contributed by atoms with Crippen molar-refractivity contribution in [3.63, 3.8) is 0 Å². The zero-order valence-electron chi connectivity index (χ0n) is 13.9. The number of carbonyl (C=O) groups is 1. The maximum atomic E-state index is 12.5. The van der Waals surface area contributed by atoms with Gasteiger partial charge in [-0.3, -0.25) is 4.79 Å². The number of amides is 1. The van der Waals surface area contributed by atoms with Crippen LogP contribution in [0.3, 0.4) is 0 Å². The Balaban J connectivity index is 1.83. The summed E-state index contributed by atoms with van der Waals surface area (Å²) in [5.41, 5.74) is 2.21. The minimum Gasteiger partial charge on any atom is -0.494 e. The molecular formula is C18H17ClN4O2. The lowest BCUT2D eigenvalue weighted by molar-refractivity contribution is 0.102. The number of benzene rings is 2. The Morgan fingerprint density at radius 1 is 1.20 bits per heavy atom. The molecule has 128 valence electrons. The van der Waals surface area contributed by atoms with E-state index in [-0.39, 0.29) is 11.6 Å². The number of hydrogen-bond donors (Lipinski definition) is 1. The SMILES string of the molecule is CCOc1ccc(-n2nnc(C(=O)Nc3ccccc3Cl)c2C)cc1. The van der Waals surface area contributed by atoms with Crippen LogP contribution in [0.4, 0.5) is 5.69 Å². The summed E-state index contributed by atoms with van der Waals surface area (Å²) < 4.78 is 7.03. The van der Waals surface area contributed by atoms with Crippen LogP contribution in [0.2, 0.25) is 5.02 Å². The first-order valence-electron chi connectivity index (χ1n) is 7.81. The standard InChI is InChI=1S/C18H17ClN4O2/c1-3-25-14-10-8-13(9-11-14)23-12(2)17(21-22-23)18(24)20-16-7-5-4-6-15(16)19/h4-11H,3H2,1-2H3,(H,20,24). The van der Waals surface area contributed by atoms with E-state index in [9.17, 15) is 4.79 Å². The summed E-state index contributed by atoms with van der Waals surface area (Å²) in [5.74, 6) is 0.420. The van der Waals surface area contributed by atoms with Gasteiger partial charge in [-0.05, 0) is 50.2 Å². The summed E-state index contributed by atoms with van der Waals surface area (Å²) in [6, 6.07) is 14.5. The van der Waals surface area contributed by atoms with Crippen LogP contribution in [0, 0.1) is 6.92 Å². The molecule has 3 aromatic rings. The van der Waals surface area contributed by atoms with Crippen molar-refractivity contribution in [2.75, 3.05) is 11.9 Å². The maximum absolute atomic E-state index is 12.5. The number of carbonyl (C=O) groups excluding carboxylic acids is 1. The number of para-hydroxylation sites is 1. The van der Waals surface area contributed by atoms with Crippen LogP contribution < -0.4 is 10.1 Å². The molecule has 7 heteroatoms. The first-order valence-corrected chi connectivity index (χ1v) is 8.19. The monoisotopic (exact) mass is 356 g/mol. The molecule has 3 rings (SSSR count). The second kappa shape index (κ2) is 7.36. The Bertz CT molecular complexity index is 890. The molecule has 0 saturated carbocycles. The van der Waals surface area contributed by atoms with Crippen molar-refractivity contribution in [1.82, 2.24) is 15.0 Å². The van der Waals surface area contributed by atoms with Crippen molar-refractivity contribution < 1.29 is 9.53 Å². The predicted molar refractivity (Wildman–Crippen MR) is 96.7 cm³/mol. The molecule has 25 heavy (non-hydrogen) atoms. The number of halogens is 1. The van der Waals surface area contributed by atoms with Crippen molar-refractivity contribution in [3.8, 4) is 11.4 Å². The third-order valence-electron chi connectivity index (χ3n) is 3.62. The fourth-order valence-corrected chi connectivity index (χ4v) is 2.56. The van der Waals surface area contributed by atoms with Crippen LogP contribution in [0.5, 0.6) is 5.75 Å². The van der Waals surface area contributed by atoms with Gasteiger partial charge in [-0.15, -0.1) is 5.10 Å². The van der Waals surface area contributed by atoms with E-state index in [1.54, 1.807) is 35.9 Å². The summed E-state index contributed by atoms with van der Waals surface area (Å²) in [5, 5.41) is 11.3. The van der Waals surface area contributed by atoms with Crippen molar-refractivity contribution in [2.24, 2.45) is 0 Å². The molecule has 6 nitrogen and oxygen atoms in total. The fourth-order valence-electron chi connectivity index (χ4n) is 2.38. The van der Waals surface area contributed by atoms with Crippen molar-refractivity contribution in [2.45, 2.75) is 13.8 Å². The highest BCUT2D eigenvalue weighted by Crippen LogP contribution is 2.22. The molecule has 1 heterocycles. The molecule has 0 aliphatic rings. The average Bonchev–Trinajstić information content (AvgIpc) is 2.99. The number of ether oxygens (including phenoxy) is 1.